The first-order valence-electron chi connectivity index (χ1n) is 10.7. The summed E-state index contributed by atoms with van der Waals surface area (Å²) in [6, 6.07) is 8.99. The summed E-state index contributed by atoms with van der Waals surface area (Å²) in [6.45, 7) is 12.0. The third-order valence-electron chi connectivity index (χ3n) is 6.66. The predicted molar refractivity (Wildman–Crippen MR) is 108 cm³/mol. The summed E-state index contributed by atoms with van der Waals surface area (Å²) in [7, 11) is 0. The largest absolute Gasteiger partial charge is 0.301 e. The molecule has 2 saturated heterocycles. The molecule has 0 saturated carbocycles. The van der Waals surface area contributed by atoms with Gasteiger partial charge in [0.25, 0.3) is 5.92 Å². The molecule has 4 heteroatoms. The van der Waals surface area contributed by atoms with Crippen LogP contribution in [0.5, 0.6) is 0 Å². The van der Waals surface area contributed by atoms with E-state index >= 15 is 0 Å². The van der Waals surface area contributed by atoms with E-state index in [0.717, 1.165) is 38.0 Å². The highest BCUT2D eigenvalue weighted by molar-refractivity contribution is 5.24. The zero-order valence-electron chi connectivity index (χ0n) is 17.4. The summed E-state index contributed by atoms with van der Waals surface area (Å²) in [4.78, 5) is 4.37. The Morgan fingerprint density at radius 2 is 1.59 bits per heavy atom. The van der Waals surface area contributed by atoms with Gasteiger partial charge in [-0.3, -0.25) is 4.90 Å². The number of nitrogens with zero attached hydrogens (tertiary/aromatic N) is 2. The van der Waals surface area contributed by atoms with E-state index in [4.69, 9.17) is 0 Å². The predicted octanol–water partition coefficient (Wildman–Crippen LogP) is 5.39. The highest BCUT2D eigenvalue weighted by Gasteiger charge is 2.48. The molecule has 0 radical (unpaired) electrons. The van der Waals surface area contributed by atoms with Gasteiger partial charge < -0.3 is 4.90 Å². The Balaban J connectivity index is 1.55. The van der Waals surface area contributed by atoms with Gasteiger partial charge in [-0.25, -0.2) is 8.78 Å². The van der Waals surface area contributed by atoms with Crippen LogP contribution >= 0.6 is 0 Å². The number of hydrogen-bond donors (Lipinski definition) is 0. The maximum absolute atomic E-state index is 15.0. The molecule has 152 valence electrons. The molecule has 3 rings (SSSR count). The van der Waals surface area contributed by atoms with Crippen LogP contribution in [0.25, 0.3) is 0 Å². The standard InChI is InChI=1S/C23H36F2N2/c1-17(2)20-7-5-19(6-8-20)15-26-12-11-22(23(24,25)16-26)21-9-13-27(14-10-21)18(3)4/h5-8,17-18,21-22H,9-16H2,1-4H3. The van der Waals surface area contributed by atoms with Crippen molar-refractivity contribution in [3.05, 3.63) is 35.4 Å². The molecular weight excluding hydrogens is 342 g/mol. The minimum atomic E-state index is -2.57. The number of hydrogen-bond acceptors (Lipinski definition) is 2. The van der Waals surface area contributed by atoms with Crippen LogP contribution in [-0.2, 0) is 6.54 Å². The van der Waals surface area contributed by atoms with E-state index in [2.05, 4.69) is 56.9 Å². The van der Waals surface area contributed by atoms with E-state index < -0.39 is 11.8 Å². The maximum Gasteiger partial charge on any atom is 0.263 e. The Labute approximate surface area is 163 Å². The minimum Gasteiger partial charge on any atom is -0.301 e. The fourth-order valence-corrected chi connectivity index (χ4v) is 4.85. The molecule has 2 aliphatic heterocycles. The lowest BCUT2D eigenvalue weighted by Crippen LogP contribution is -2.52. The molecule has 1 unspecified atom stereocenters. The molecule has 0 aliphatic carbocycles. The molecule has 0 amide bonds. The Hall–Kier alpha value is -1.00. The molecule has 1 aromatic carbocycles. The lowest BCUT2D eigenvalue weighted by Gasteiger charge is -2.45. The normalized spacial score (nSPS) is 25.4. The molecule has 0 spiro atoms. The summed E-state index contributed by atoms with van der Waals surface area (Å²) >= 11 is 0. The van der Waals surface area contributed by atoms with Crippen LogP contribution < -0.4 is 0 Å². The van der Waals surface area contributed by atoms with Gasteiger partial charge in [-0.1, -0.05) is 38.1 Å². The third kappa shape index (κ3) is 5.08. The van der Waals surface area contributed by atoms with Crippen molar-refractivity contribution in [2.75, 3.05) is 26.2 Å². The molecule has 2 fully saturated rings. The van der Waals surface area contributed by atoms with Crippen molar-refractivity contribution in [3.63, 3.8) is 0 Å². The van der Waals surface area contributed by atoms with Crippen LogP contribution in [0.15, 0.2) is 24.3 Å². The van der Waals surface area contributed by atoms with Crippen molar-refractivity contribution in [2.24, 2.45) is 11.8 Å². The van der Waals surface area contributed by atoms with Crippen molar-refractivity contribution in [3.8, 4) is 0 Å². The number of benzene rings is 1. The quantitative estimate of drug-likeness (QED) is 0.678. The molecule has 2 heterocycles. The number of piperidine rings is 2. The van der Waals surface area contributed by atoms with Crippen molar-refractivity contribution in [1.82, 2.24) is 9.80 Å². The van der Waals surface area contributed by atoms with Crippen LogP contribution in [-0.4, -0.2) is 47.9 Å². The Bertz CT molecular complexity index is 589. The second kappa shape index (κ2) is 8.57. The first-order chi connectivity index (χ1) is 12.8. The Morgan fingerprint density at radius 1 is 0.963 bits per heavy atom. The zero-order chi connectivity index (χ0) is 19.6. The Kier molecular flexibility index (Phi) is 6.58. The minimum absolute atomic E-state index is 0.0893. The van der Waals surface area contributed by atoms with E-state index in [-0.39, 0.29) is 12.5 Å². The lowest BCUT2D eigenvalue weighted by molar-refractivity contribution is -0.137. The van der Waals surface area contributed by atoms with E-state index in [1.807, 2.05) is 4.90 Å². The smallest absolute Gasteiger partial charge is 0.263 e. The van der Waals surface area contributed by atoms with Gasteiger partial charge in [0.1, 0.15) is 0 Å². The van der Waals surface area contributed by atoms with Crippen molar-refractivity contribution >= 4 is 0 Å². The first kappa shape index (κ1) is 20.7. The van der Waals surface area contributed by atoms with Crippen LogP contribution in [0.2, 0.25) is 0 Å². The van der Waals surface area contributed by atoms with E-state index in [9.17, 15) is 8.78 Å². The van der Waals surface area contributed by atoms with Crippen LogP contribution in [0.1, 0.15) is 64.0 Å². The van der Waals surface area contributed by atoms with Gasteiger partial charge in [0.2, 0.25) is 0 Å². The summed E-state index contributed by atoms with van der Waals surface area (Å²) < 4.78 is 30.0. The topological polar surface area (TPSA) is 6.48 Å². The second-order valence-electron chi connectivity index (χ2n) is 9.23. The SMILES string of the molecule is CC(C)c1ccc(CN2CCC(C3CCN(C(C)C)CC3)C(F)(F)C2)cc1. The molecule has 2 aliphatic rings. The molecule has 0 aromatic heterocycles. The summed E-state index contributed by atoms with van der Waals surface area (Å²) in [5, 5.41) is 0. The zero-order valence-corrected chi connectivity index (χ0v) is 17.4. The van der Waals surface area contributed by atoms with Crippen LogP contribution in [0.3, 0.4) is 0 Å². The molecular formula is C23H36F2N2. The lowest BCUT2D eigenvalue weighted by atomic mass is 9.76. The van der Waals surface area contributed by atoms with Crippen molar-refractivity contribution in [1.29, 1.82) is 0 Å². The molecule has 0 bridgehead atoms. The van der Waals surface area contributed by atoms with Gasteiger partial charge in [0.05, 0.1) is 6.54 Å². The van der Waals surface area contributed by atoms with Crippen LogP contribution in [0, 0.1) is 11.8 Å². The van der Waals surface area contributed by atoms with Crippen molar-refractivity contribution in [2.45, 2.75) is 71.4 Å². The monoisotopic (exact) mass is 378 g/mol. The van der Waals surface area contributed by atoms with Gasteiger partial charge in [-0.05, 0) is 75.7 Å². The first-order valence-corrected chi connectivity index (χ1v) is 10.7. The molecule has 0 N–H and O–H groups in total. The van der Waals surface area contributed by atoms with E-state index in [0.29, 0.717) is 24.9 Å². The van der Waals surface area contributed by atoms with Gasteiger partial charge in [0, 0.05) is 18.5 Å². The fraction of sp³-hybridized carbons (Fsp3) is 0.739. The van der Waals surface area contributed by atoms with Crippen molar-refractivity contribution < 1.29 is 8.78 Å². The number of rotatable bonds is 5. The summed E-state index contributed by atoms with van der Waals surface area (Å²) in [5.74, 6) is -2.32. The number of halogens is 2. The van der Waals surface area contributed by atoms with E-state index in [1.54, 1.807) is 0 Å². The summed E-state index contributed by atoms with van der Waals surface area (Å²) in [5.41, 5.74) is 2.44. The van der Waals surface area contributed by atoms with Gasteiger partial charge in [0.15, 0.2) is 0 Å². The van der Waals surface area contributed by atoms with E-state index in [1.165, 1.54) is 5.56 Å². The van der Waals surface area contributed by atoms with Gasteiger partial charge >= 0.3 is 0 Å². The van der Waals surface area contributed by atoms with Gasteiger partial charge in [-0.15, -0.1) is 0 Å². The average molecular weight is 379 g/mol. The fourth-order valence-electron chi connectivity index (χ4n) is 4.85. The molecule has 2 nitrogen and oxygen atoms in total. The highest BCUT2D eigenvalue weighted by Crippen LogP contribution is 2.42. The highest BCUT2D eigenvalue weighted by atomic mass is 19.3. The summed E-state index contributed by atoms with van der Waals surface area (Å²) in [6.07, 6.45) is 2.48. The molecule has 27 heavy (non-hydrogen) atoms. The second-order valence-corrected chi connectivity index (χ2v) is 9.23. The third-order valence-corrected chi connectivity index (χ3v) is 6.66. The maximum atomic E-state index is 15.0. The van der Waals surface area contributed by atoms with Crippen LogP contribution in [0.4, 0.5) is 8.78 Å². The number of likely N-dealkylation sites (tertiary alicyclic amines) is 2. The number of alkyl halides is 2. The molecule has 1 atom stereocenters. The average Bonchev–Trinajstić information content (AvgIpc) is 2.61. The Morgan fingerprint density at radius 3 is 2.11 bits per heavy atom. The molecule has 1 aromatic rings. The van der Waals surface area contributed by atoms with Gasteiger partial charge in [-0.2, -0.15) is 0 Å².